The minimum Gasteiger partial charge on any atom is -0.506 e. The summed E-state index contributed by atoms with van der Waals surface area (Å²) >= 11 is 6.08. The van der Waals surface area contributed by atoms with Crippen molar-refractivity contribution in [1.82, 2.24) is 15.0 Å². The molecule has 31 nitrogen and oxygen atoms in total. The Bertz CT molecular complexity index is 4560. The van der Waals surface area contributed by atoms with Gasteiger partial charge < -0.3 is 37.6 Å². The van der Waals surface area contributed by atoms with Crippen LogP contribution in [0.1, 0.15) is 0 Å². The van der Waals surface area contributed by atoms with Crippen LogP contribution in [0.25, 0.3) is 10.8 Å². The second-order valence-corrected chi connectivity index (χ2v) is 23.4. The molecular formula is C43H33ClN14O17S5. The van der Waals surface area contributed by atoms with Crippen molar-refractivity contribution < 1.29 is 75.1 Å². The molecule has 37 heteroatoms. The predicted octanol–water partition coefficient (Wildman–Crippen LogP) is 8.96. The summed E-state index contributed by atoms with van der Waals surface area (Å²) < 4.78 is 175. The fraction of sp³-hybridized carbons (Fsp3) is 0. The number of nitrogens with zero attached hydrogens (tertiary/aromatic N) is 9. The average molecular weight is 1210 g/mol. The number of aromatic nitrogens is 3. The number of nitrogens with one attached hydrogen (secondary N) is 3. The van der Waals surface area contributed by atoms with Crippen molar-refractivity contribution >= 4 is 153 Å². The van der Waals surface area contributed by atoms with E-state index in [1.807, 2.05) is 0 Å². The van der Waals surface area contributed by atoms with E-state index in [0.717, 1.165) is 48.5 Å². The third kappa shape index (κ3) is 13.3. The Morgan fingerprint density at radius 1 is 0.463 bits per heavy atom. The summed E-state index contributed by atoms with van der Waals surface area (Å²) in [5.74, 6) is -2.17. The molecule has 8 rings (SSSR count). The van der Waals surface area contributed by atoms with Crippen LogP contribution in [0.15, 0.2) is 170 Å². The normalized spacial score (nSPS) is 12.7. The van der Waals surface area contributed by atoms with E-state index in [-0.39, 0.29) is 46.1 Å². The summed E-state index contributed by atoms with van der Waals surface area (Å²) in [4.78, 5) is 7.11. The van der Waals surface area contributed by atoms with Crippen molar-refractivity contribution in [1.29, 1.82) is 0 Å². The van der Waals surface area contributed by atoms with Crippen molar-refractivity contribution in [2.45, 2.75) is 24.5 Å². The number of benzene rings is 7. The van der Waals surface area contributed by atoms with Crippen molar-refractivity contribution in [3.63, 3.8) is 0 Å². The Balaban J connectivity index is 1.14. The summed E-state index contributed by atoms with van der Waals surface area (Å²) in [5.41, 5.74) is 8.39. The number of rotatable bonds is 17. The smallest absolute Gasteiger partial charge is 0.296 e. The molecule has 0 aliphatic heterocycles. The number of phenols is 2. The van der Waals surface area contributed by atoms with Crippen LogP contribution >= 0.6 is 11.6 Å². The zero-order chi connectivity index (χ0) is 58.3. The highest BCUT2D eigenvalue weighted by Gasteiger charge is 2.29. The average Bonchev–Trinajstić information content (AvgIpc) is 3.47. The van der Waals surface area contributed by atoms with Gasteiger partial charge in [-0.15, -0.1) is 20.5 Å². The quantitative estimate of drug-likeness (QED) is 0.0230. The van der Waals surface area contributed by atoms with Gasteiger partial charge in [0.1, 0.15) is 48.1 Å². The molecular weight excluding hydrogens is 1180 g/mol. The van der Waals surface area contributed by atoms with Crippen LogP contribution in [0.2, 0.25) is 5.28 Å². The predicted molar refractivity (Wildman–Crippen MR) is 285 cm³/mol. The number of hydrogen-bond acceptors (Lipinski definition) is 26. The van der Waals surface area contributed by atoms with Gasteiger partial charge in [0, 0.05) is 28.8 Å². The largest absolute Gasteiger partial charge is 0.506 e. The molecule has 0 aliphatic carbocycles. The van der Waals surface area contributed by atoms with E-state index < -0.39 is 125 Å². The zero-order valence-corrected chi connectivity index (χ0v) is 44.1. The lowest BCUT2D eigenvalue weighted by Crippen LogP contribution is -2.05. The Labute approximate surface area is 455 Å². The molecule has 80 heavy (non-hydrogen) atoms. The molecule has 1 heterocycles. The Morgan fingerprint density at radius 3 is 1.61 bits per heavy atom. The molecule has 14 N–H and O–H groups in total. The summed E-state index contributed by atoms with van der Waals surface area (Å²) in [6.07, 6.45) is 0. The highest BCUT2D eigenvalue weighted by molar-refractivity contribution is 7.87. The van der Waals surface area contributed by atoms with E-state index in [2.05, 4.69) is 61.6 Å². The molecule has 0 radical (unpaired) electrons. The molecule has 0 bridgehead atoms. The number of anilines is 8. The molecule has 0 amide bonds. The molecule has 0 fully saturated rings. The molecule has 7 aromatic carbocycles. The Morgan fingerprint density at radius 2 is 1.01 bits per heavy atom. The minimum absolute atomic E-state index is 0.0606. The van der Waals surface area contributed by atoms with Crippen molar-refractivity contribution in [2.75, 3.05) is 27.4 Å². The van der Waals surface area contributed by atoms with Crippen molar-refractivity contribution in [2.24, 2.45) is 30.7 Å². The van der Waals surface area contributed by atoms with E-state index in [1.165, 1.54) is 54.6 Å². The van der Waals surface area contributed by atoms with E-state index >= 15 is 0 Å². The zero-order valence-electron chi connectivity index (χ0n) is 39.3. The molecule has 8 aromatic rings. The first-order valence-corrected chi connectivity index (χ1v) is 28.9. The summed E-state index contributed by atoms with van der Waals surface area (Å²) in [6.45, 7) is 0. The molecule has 1 aromatic heterocycles. The first-order chi connectivity index (χ1) is 37.3. The maximum absolute atomic E-state index is 12.8. The van der Waals surface area contributed by atoms with Gasteiger partial charge in [0.25, 0.3) is 50.6 Å². The van der Waals surface area contributed by atoms with Gasteiger partial charge in [-0.1, -0.05) is 6.07 Å². The summed E-state index contributed by atoms with van der Waals surface area (Å²) in [6, 6.07) is 21.7. The van der Waals surface area contributed by atoms with Crippen LogP contribution in [-0.2, 0) is 50.6 Å². The number of hydrogen-bond donors (Lipinski definition) is 12. The lowest BCUT2D eigenvalue weighted by atomic mass is 10.1. The Kier molecular flexibility index (Phi) is 15.5. The van der Waals surface area contributed by atoms with Gasteiger partial charge in [-0.3, -0.25) is 22.8 Å². The molecule has 414 valence electrons. The Hall–Kier alpha value is -8.95. The number of nitrogen functional groups attached to an aromatic ring is 2. The molecule has 0 saturated carbocycles. The van der Waals surface area contributed by atoms with E-state index in [1.54, 1.807) is 0 Å². The van der Waals surface area contributed by atoms with Gasteiger partial charge in [0.15, 0.2) is 5.75 Å². The van der Waals surface area contributed by atoms with Crippen LogP contribution in [0, 0.1) is 0 Å². The van der Waals surface area contributed by atoms with Crippen molar-refractivity contribution in [3.8, 4) is 11.5 Å². The highest BCUT2D eigenvalue weighted by Crippen LogP contribution is 2.49. The summed E-state index contributed by atoms with van der Waals surface area (Å²) in [5, 5.41) is 51.0. The van der Waals surface area contributed by atoms with Crippen LogP contribution in [-0.4, -0.2) is 90.0 Å². The van der Waals surface area contributed by atoms with Gasteiger partial charge in [-0.2, -0.15) is 67.3 Å². The van der Waals surface area contributed by atoms with Gasteiger partial charge in [-0.25, -0.2) is 0 Å². The lowest BCUT2D eigenvalue weighted by Gasteiger charge is -2.14. The fourth-order valence-electron chi connectivity index (χ4n) is 7.06. The number of phenolic OH excluding ortho intramolecular Hbond substituents is 2. The monoisotopic (exact) mass is 1210 g/mol. The number of azo groups is 3. The highest BCUT2D eigenvalue weighted by atomic mass is 35.5. The standard InChI is InChI=1S/C43H33ClN14O17S5/c44-41-50-42(48-24-2-1-3-27(17-24)76(61,62)63)52-43(51-41)49-25-10-13-32(77(64,65)66)30(18-25)56-58-39-35(80(73,74)75)15-20-14-34(79(70,71)72)38(37(46)36(20)40(39)60)57-54-26-9-12-29(33(19-26)78(67,68)69)47-22-5-7-23(8-6-22)53-55-28-11-4-21(45)16-31(28)59/h1-19,47,59-60H,45-46H2,(H,61,62,63)(H,64,65,66)(H,67,68,69)(H,70,71,72)(H,73,74,75)(H2,48,49,50,51,52). The maximum Gasteiger partial charge on any atom is 0.296 e. The minimum atomic E-state index is -5.52. The maximum atomic E-state index is 12.8. The van der Waals surface area contributed by atoms with E-state index in [4.69, 9.17) is 23.1 Å². The van der Waals surface area contributed by atoms with Crippen LogP contribution in [0.4, 0.5) is 80.1 Å². The van der Waals surface area contributed by atoms with Crippen LogP contribution < -0.4 is 27.4 Å². The second-order valence-electron chi connectivity index (χ2n) is 16.1. The molecule has 0 saturated heterocycles. The summed E-state index contributed by atoms with van der Waals surface area (Å²) in [7, 11) is -25.8. The van der Waals surface area contributed by atoms with E-state index in [9.17, 15) is 75.1 Å². The molecule has 0 unspecified atom stereocenters. The third-order valence-electron chi connectivity index (χ3n) is 10.5. The van der Waals surface area contributed by atoms with Crippen LogP contribution in [0.5, 0.6) is 11.5 Å². The van der Waals surface area contributed by atoms with Gasteiger partial charge in [0.05, 0.1) is 33.0 Å². The number of nitrogens with two attached hydrogens (primary N) is 2. The number of fused-ring (bicyclic) bond motifs is 1. The SMILES string of the molecule is Nc1ccc(N=Nc2ccc(Nc3ccc(N=Nc4c(S(=O)(=O)O)cc5cc(S(=O)(=O)O)c(N=Nc6cc(Nc7nc(Cl)nc(Nc8cccc(S(=O)(=O)O)c8)n7)ccc6S(=O)(=O)O)c(O)c5c4N)cc3S(=O)(=O)O)cc2)c(O)c1. The molecule has 0 aliphatic rings. The number of aromatic hydroxyl groups is 2. The topological polar surface area (TPSA) is 513 Å². The third-order valence-corrected chi connectivity index (χ3v) is 15.1. The van der Waals surface area contributed by atoms with Crippen LogP contribution in [0.3, 0.4) is 0 Å². The fourth-order valence-corrected chi connectivity index (χ4v) is 10.3. The molecule has 0 atom stereocenters. The van der Waals surface area contributed by atoms with E-state index in [0.29, 0.717) is 23.5 Å². The van der Waals surface area contributed by atoms with Crippen molar-refractivity contribution in [3.05, 3.63) is 121 Å². The first-order valence-electron chi connectivity index (χ1n) is 21.4. The van der Waals surface area contributed by atoms with Gasteiger partial charge in [-0.05, 0) is 120 Å². The second kappa shape index (κ2) is 21.7. The first kappa shape index (κ1) is 57.2. The molecule has 0 spiro atoms. The lowest BCUT2D eigenvalue weighted by molar-refractivity contribution is 0.472. The van der Waals surface area contributed by atoms with Gasteiger partial charge >= 0.3 is 0 Å². The van der Waals surface area contributed by atoms with Gasteiger partial charge in [0.2, 0.25) is 17.2 Å². The number of halogens is 1.